The smallest absolute Gasteiger partial charge is 0.243 e. The van der Waals surface area contributed by atoms with Crippen molar-refractivity contribution < 1.29 is 14.3 Å². The van der Waals surface area contributed by atoms with Gasteiger partial charge in [-0.25, -0.2) is 0 Å². The molecule has 0 aromatic heterocycles. The summed E-state index contributed by atoms with van der Waals surface area (Å²) in [4.78, 5) is 24.6. The van der Waals surface area contributed by atoms with E-state index in [0.29, 0.717) is 35.2 Å². The number of benzene rings is 1. The number of hydrogen-bond acceptors (Lipinski definition) is 4. The van der Waals surface area contributed by atoms with Crippen LogP contribution < -0.4 is 16.0 Å². The van der Waals surface area contributed by atoms with Gasteiger partial charge in [0.05, 0.1) is 29.3 Å². The Balaban J connectivity index is 1.92. The Morgan fingerprint density at radius 3 is 2.67 bits per heavy atom. The summed E-state index contributed by atoms with van der Waals surface area (Å²) in [5.41, 5.74) is -0.176. The fraction of sp³-hybridized carbons (Fsp3) is 0.500. The Labute approximate surface area is 151 Å². The maximum Gasteiger partial charge on any atom is 0.243 e. The van der Waals surface area contributed by atoms with E-state index in [0.717, 1.165) is 13.1 Å². The lowest BCUT2D eigenvalue weighted by molar-refractivity contribution is -0.137. The normalized spacial score (nSPS) is 16.5. The van der Waals surface area contributed by atoms with Crippen molar-refractivity contribution in [3.8, 4) is 0 Å². The minimum absolute atomic E-state index is 0.138. The number of amides is 2. The van der Waals surface area contributed by atoms with Crippen molar-refractivity contribution in [3.05, 3.63) is 28.2 Å². The van der Waals surface area contributed by atoms with Crippen LogP contribution in [0.15, 0.2) is 18.2 Å². The molecule has 1 heterocycles. The van der Waals surface area contributed by atoms with Gasteiger partial charge in [0, 0.05) is 12.1 Å². The summed E-state index contributed by atoms with van der Waals surface area (Å²) in [6.45, 7) is 1.70. The molecule has 1 aromatic carbocycles. The van der Waals surface area contributed by atoms with E-state index in [4.69, 9.17) is 27.9 Å². The third kappa shape index (κ3) is 4.83. The Morgan fingerprint density at radius 1 is 1.29 bits per heavy atom. The summed E-state index contributed by atoms with van der Waals surface area (Å²) in [6.07, 6.45) is 1.35. The number of carbonyl (C=O) groups is 2. The monoisotopic (exact) mass is 373 g/mol. The molecule has 0 bridgehead atoms. The van der Waals surface area contributed by atoms with Crippen LogP contribution in [0.5, 0.6) is 0 Å². The molecule has 0 unspecified atom stereocenters. The number of piperidine rings is 1. The molecule has 6 nitrogen and oxygen atoms in total. The summed E-state index contributed by atoms with van der Waals surface area (Å²) in [5, 5.41) is 9.41. The molecule has 0 aliphatic carbocycles. The van der Waals surface area contributed by atoms with E-state index in [2.05, 4.69) is 16.0 Å². The lowest BCUT2D eigenvalue weighted by Gasteiger charge is -2.35. The molecule has 0 atom stereocenters. The zero-order valence-corrected chi connectivity index (χ0v) is 15.0. The van der Waals surface area contributed by atoms with Gasteiger partial charge in [-0.1, -0.05) is 23.2 Å². The molecule has 8 heteroatoms. The fourth-order valence-electron chi connectivity index (χ4n) is 2.75. The van der Waals surface area contributed by atoms with E-state index in [1.807, 2.05) is 0 Å². The van der Waals surface area contributed by atoms with Crippen LogP contribution in [-0.2, 0) is 14.3 Å². The van der Waals surface area contributed by atoms with Crippen LogP contribution in [0, 0.1) is 5.41 Å². The van der Waals surface area contributed by atoms with Crippen LogP contribution >= 0.6 is 23.2 Å². The molecule has 0 saturated carbocycles. The molecule has 1 saturated heterocycles. The van der Waals surface area contributed by atoms with Crippen molar-refractivity contribution in [3.63, 3.8) is 0 Å². The lowest BCUT2D eigenvalue weighted by Crippen LogP contribution is -2.51. The fourth-order valence-corrected chi connectivity index (χ4v) is 3.09. The first-order valence-corrected chi connectivity index (χ1v) is 8.45. The van der Waals surface area contributed by atoms with Crippen LogP contribution in [0.25, 0.3) is 0 Å². The molecule has 132 valence electrons. The van der Waals surface area contributed by atoms with E-state index < -0.39 is 5.41 Å². The van der Waals surface area contributed by atoms with Gasteiger partial charge in [0.2, 0.25) is 11.8 Å². The van der Waals surface area contributed by atoms with Crippen molar-refractivity contribution in [2.75, 3.05) is 38.7 Å². The number of nitrogens with one attached hydrogen (secondary N) is 3. The van der Waals surface area contributed by atoms with Crippen LogP contribution in [0.2, 0.25) is 10.0 Å². The highest BCUT2D eigenvalue weighted by atomic mass is 35.5. The number of halogens is 2. The predicted octanol–water partition coefficient (Wildman–Crippen LogP) is 2.06. The van der Waals surface area contributed by atoms with Gasteiger partial charge in [0.1, 0.15) is 0 Å². The predicted molar refractivity (Wildman–Crippen MR) is 94.5 cm³/mol. The topological polar surface area (TPSA) is 79.5 Å². The number of methoxy groups -OCH3 is 1. The first kappa shape index (κ1) is 19.0. The maximum atomic E-state index is 12.5. The Kier molecular flexibility index (Phi) is 6.86. The molecule has 1 aliphatic heterocycles. The van der Waals surface area contributed by atoms with Gasteiger partial charge in [-0.3, -0.25) is 9.59 Å². The van der Waals surface area contributed by atoms with Crippen molar-refractivity contribution in [1.29, 1.82) is 0 Å². The molecular weight excluding hydrogens is 353 g/mol. The highest BCUT2D eigenvalue weighted by Crippen LogP contribution is 2.29. The van der Waals surface area contributed by atoms with Gasteiger partial charge in [-0.2, -0.15) is 0 Å². The minimum atomic E-state index is -0.589. The quantitative estimate of drug-likeness (QED) is 0.712. The third-order valence-corrected chi connectivity index (χ3v) is 4.64. The van der Waals surface area contributed by atoms with E-state index in [9.17, 15) is 9.59 Å². The van der Waals surface area contributed by atoms with Crippen molar-refractivity contribution in [2.24, 2.45) is 5.41 Å². The largest absolute Gasteiger partial charge is 0.384 e. The number of hydrogen-bond donors (Lipinski definition) is 3. The Morgan fingerprint density at radius 2 is 2.00 bits per heavy atom. The van der Waals surface area contributed by atoms with Crippen LogP contribution in [0.3, 0.4) is 0 Å². The Bertz CT molecular complexity index is 599. The zero-order valence-electron chi connectivity index (χ0n) is 13.5. The first-order valence-electron chi connectivity index (χ1n) is 7.70. The van der Waals surface area contributed by atoms with Crippen LogP contribution in [0.1, 0.15) is 12.8 Å². The second-order valence-electron chi connectivity index (χ2n) is 5.82. The zero-order chi connectivity index (χ0) is 17.6. The minimum Gasteiger partial charge on any atom is -0.384 e. The van der Waals surface area contributed by atoms with Gasteiger partial charge in [-0.15, -0.1) is 0 Å². The molecule has 2 rings (SSSR count). The molecule has 24 heavy (non-hydrogen) atoms. The second kappa shape index (κ2) is 8.67. The average Bonchev–Trinajstić information content (AvgIpc) is 2.57. The molecule has 0 radical (unpaired) electrons. The summed E-state index contributed by atoms with van der Waals surface area (Å²) < 4.78 is 5.22. The molecule has 1 aliphatic rings. The van der Waals surface area contributed by atoms with Gasteiger partial charge in [0.25, 0.3) is 0 Å². The summed E-state index contributed by atoms with van der Waals surface area (Å²) in [6, 6.07) is 4.79. The highest BCUT2D eigenvalue weighted by molar-refractivity contribution is 6.35. The first-order chi connectivity index (χ1) is 11.5. The number of rotatable bonds is 6. The van der Waals surface area contributed by atoms with Gasteiger partial charge < -0.3 is 20.7 Å². The van der Waals surface area contributed by atoms with Crippen LogP contribution in [0.4, 0.5) is 5.69 Å². The van der Waals surface area contributed by atoms with Gasteiger partial charge in [-0.05, 0) is 44.1 Å². The van der Waals surface area contributed by atoms with E-state index >= 15 is 0 Å². The van der Waals surface area contributed by atoms with Gasteiger partial charge >= 0.3 is 0 Å². The molecule has 1 fully saturated rings. The summed E-state index contributed by atoms with van der Waals surface area (Å²) in [7, 11) is 1.57. The average molecular weight is 374 g/mol. The number of ether oxygens (including phenoxy) is 1. The molecular formula is C16H21Cl2N3O3. The van der Waals surface area contributed by atoms with Gasteiger partial charge in [0.15, 0.2) is 0 Å². The summed E-state index contributed by atoms with van der Waals surface area (Å²) >= 11 is 11.9. The molecule has 2 amide bonds. The van der Waals surface area contributed by atoms with Crippen molar-refractivity contribution in [1.82, 2.24) is 10.6 Å². The van der Waals surface area contributed by atoms with Crippen molar-refractivity contribution in [2.45, 2.75) is 12.8 Å². The van der Waals surface area contributed by atoms with E-state index in [-0.39, 0.29) is 18.4 Å². The summed E-state index contributed by atoms with van der Waals surface area (Å²) in [5.74, 6) is -0.535. The number of anilines is 1. The molecule has 3 N–H and O–H groups in total. The maximum absolute atomic E-state index is 12.5. The van der Waals surface area contributed by atoms with E-state index in [1.165, 1.54) is 0 Å². The molecule has 1 aromatic rings. The second-order valence-corrected chi connectivity index (χ2v) is 6.66. The number of carbonyl (C=O) groups excluding carboxylic acids is 2. The van der Waals surface area contributed by atoms with Crippen molar-refractivity contribution >= 4 is 40.7 Å². The van der Waals surface area contributed by atoms with Crippen LogP contribution in [-0.4, -0.2) is 45.2 Å². The van der Waals surface area contributed by atoms with E-state index in [1.54, 1.807) is 25.3 Å². The molecule has 0 spiro atoms. The highest BCUT2D eigenvalue weighted by Gasteiger charge is 2.39. The SMILES string of the molecule is COCC1(C(=O)NCC(=O)Nc2cc(Cl)ccc2Cl)CCNCC1. The third-order valence-electron chi connectivity index (χ3n) is 4.07. The standard InChI is InChI=1S/C16H21Cl2N3O3/c1-24-10-16(4-6-19-7-5-16)15(23)20-9-14(22)21-13-8-11(17)2-3-12(13)18/h2-3,8,19H,4-7,9-10H2,1H3,(H,20,23)(H,21,22). The lowest BCUT2D eigenvalue weighted by atomic mass is 9.78. The Hall–Kier alpha value is -1.34.